The largest absolute Gasteiger partial charge is 0.504 e. The van der Waals surface area contributed by atoms with Gasteiger partial charge >= 0.3 is 0 Å². The van der Waals surface area contributed by atoms with Crippen molar-refractivity contribution in [3.8, 4) is 115 Å². The van der Waals surface area contributed by atoms with E-state index >= 15 is 0 Å². The number of hydrogen-bond donors (Lipinski definition) is 25. The van der Waals surface area contributed by atoms with Crippen LogP contribution < -0.4 is 26.6 Å². The van der Waals surface area contributed by atoms with Gasteiger partial charge in [0.2, 0.25) is 23.6 Å². The Hall–Kier alpha value is -14.5. The van der Waals surface area contributed by atoms with E-state index in [-0.39, 0.29) is 182 Å². The first-order valence-electron chi connectivity index (χ1n) is 32.3. The summed E-state index contributed by atoms with van der Waals surface area (Å²) >= 11 is 0. The summed E-state index contributed by atoms with van der Waals surface area (Å²) in [7, 11) is 0. The van der Waals surface area contributed by atoms with E-state index in [1.165, 1.54) is 140 Å². The molecule has 25 N–H and O–H groups in total. The van der Waals surface area contributed by atoms with E-state index in [9.17, 15) is 116 Å². The van der Waals surface area contributed by atoms with E-state index in [0.29, 0.717) is 73.3 Å². The van der Waals surface area contributed by atoms with E-state index in [2.05, 4.69) is 26.6 Å². The molecule has 10 rings (SSSR count). The molecule has 562 valence electrons. The van der Waals surface area contributed by atoms with Gasteiger partial charge in [-0.05, 0) is 198 Å². The first-order valence-corrected chi connectivity index (χ1v) is 32.3. The van der Waals surface area contributed by atoms with Crippen LogP contribution in [0.5, 0.6) is 115 Å². The molecule has 0 aliphatic rings. The minimum absolute atomic E-state index is 0.00449. The van der Waals surface area contributed by atoms with Crippen LogP contribution in [0.1, 0.15) is 61.3 Å². The quantitative estimate of drug-likeness (QED) is 0.0228. The molecule has 0 fully saturated rings. The molecule has 0 unspecified atom stereocenters. The Labute approximate surface area is 610 Å². The van der Waals surface area contributed by atoms with Gasteiger partial charge in [0.15, 0.2) is 115 Å². The third-order valence-electron chi connectivity index (χ3n) is 15.2. The second kappa shape index (κ2) is 39.7. The fourth-order valence-corrected chi connectivity index (χ4v) is 9.43. The van der Waals surface area contributed by atoms with Gasteiger partial charge in [-0.3, -0.25) is 24.0 Å². The van der Waals surface area contributed by atoms with Crippen LogP contribution in [0.2, 0.25) is 0 Å². The molecular formula is C77H79N5O25. The van der Waals surface area contributed by atoms with Crippen LogP contribution in [0.3, 0.4) is 0 Å². The predicted octanol–water partition coefficient (Wildman–Crippen LogP) is 7.75. The lowest BCUT2D eigenvalue weighted by Crippen LogP contribution is -2.27. The van der Waals surface area contributed by atoms with Crippen LogP contribution in [0.25, 0.3) is 0 Å². The lowest BCUT2D eigenvalue weighted by atomic mass is 10.1. The van der Waals surface area contributed by atoms with Crippen molar-refractivity contribution in [2.24, 2.45) is 0 Å². The maximum atomic E-state index is 11.8. The first-order chi connectivity index (χ1) is 50.8. The molecule has 5 amide bonds. The number of anilines is 1. The van der Waals surface area contributed by atoms with Crippen molar-refractivity contribution < 1.29 is 126 Å². The monoisotopic (exact) mass is 1470 g/mol. The number of carbonyl (C=O) groups is 5. The van der Waals surface area contributed by atoms with Crippen molar-refractivity contribution in [3.63, 3.8) is 0 Å². The average molecular weight is 1470 g/mol. The number of benzene rings is 10. The van der Waals surface area contributed by atoms with Gasteiger partial charge in [0, 0.05) is 49.9 Å². The molecule has 0 heterocycles. The highest BCUT2D eigenvalue weighted by atomic mass is 16.3. The number of aromatic hydroxyl groups is 20. The van der Waals surface area contributed by atoms with Crippen molar-refractivity contribution in [2.45, 2.75) is 57.9 Å². The van der Waals surface area contributed by atoms with E-state index in [0.717, 1.165) is 22.3 Å². The van der Waals surface area contributed by atoms with Crippen LogP contribution in [0, 0.1) is 0 Å². The van der Waals surface area contributed by atoms with Gasteiger partial charge in [-0.15, -0.1) is 0 Å². The second-order valence-electron chi connectivity index (χ2n) is 23.6. The fraction of sp³-hybridized carbons (Fsp3) is 0.156. The molecule has 107 heavy (non-hydrogen) atoms. The smallest absolute Gasteiger partial charge is 0.251 e. The fourth-order valence-electron chi connectivity index (χ4n) is 9.43. The maximum absolute atomic E-state index is 11.8. The molecule has 0 saturated heterocycles. The first kappa shape index (κ1) is 81.5. The van der Waals surface area contributed by atoms with Gasteiger partial charge in [0.25, 0.3) is 5.91 Å². The van der Waals surface area contributed by atoms with Gasteiger partial charge in [0.1, 0.15) is 0 Å². The molecule has 0 bridgehead atoms. The number of rotatable bonds is 22. The van der Waals surface area contributed by atoms with Crippen LogP contribution in [-0.2, 0) is 70.7 Å². The van der Waals surface area contributed by atoms with Gasteiger partial charge in [-0.25, -0.2) is 0 Å². The molecule has 0 saturated carbocycles. The van der Waals surface area contributed by atoms with Crippen molar-refractivity contribution in [1.29, 1.82) is 0 Å². The summed E-state index contributed by atoms with van der Waals surface area (Å²) in [5.74, 6) is -6.11. The van der Waals surface area contributed by atoms with Crippen molar-refractivity contribution in [2.75, 3.05) is 25.0 Å². The number of hydrogen-bond acceptors (Lipinski definition) is 25. The molecule has 0 aliphatic heterocycles. The summed E-state index contributed by atoms with van der Waals surface area (Å²) in [4.78, 5) is 58.9. The Morgan fingerprint density at radius 1 is 0.224 bits per heavy atom. The van der Waals surface area contributed by atoms with E-state index in [1.807, 2.05) is 0 Å². The SMILES string of the molecule is O=C(CCc1ccc(O)c(O)c1)NCCc1ccc(O)c(O)c1.O=C(Cc1ccc(O)c(O)c1)NCCc1ccc(O)c(O)c1.O=C(Cc1ccc(O)c(O)c1)NCc1ccc(O)c(O)c1.O=C(Cc1ccc(O)c(O)c1)Nc1ccc(O)c(O)c1.O=C(NCCc1ccc(O)c(O)c1)c1ccc(O)c(O)c1. The Morgan fingerprint density at radius 3 is 0.841 bits per heavy atom. The number of phenolic OH excluding ortho intramolecular Hbond substituents is 20. The number of phenols is 20. The second-order valence-corrected chi connectivity index (χ2v) is 23.6. The molecule has 30 heteroatoms. The summed E-state index contributed by atoms with van der Waals surface area (Å²) in [5.41, 5.74) is 6.03. The molecule has 0 atom stereocenters. The van der Waals surface area contributed by atoms with Crippen molar-refractivity contribution >= 4 is 35.2 Å². The summed E-state index contributed by atoms with van der Waals surface area (Å²) in [5, 5.41) is 199. The highest BCUT2D eigenvalue weighted by molar-refractivity contribution is 5.95. The molecule has 30 nitrogen and oxygen atoms in total. The number of nitrogens with one attached hydrogen (secondary N) is 5. The Balaban J connectivity index is 0.000000209. The predicted molar refractivity (Wildman–Crippen MR) is 387 cm³/mol. The molecule has 0 radical (unpaired) electrons. The number of carbonyl (C=O) groups excluding carboxylic acids is 5. The standard InChI is InChI=1S/C17H19NO5.C16H17NO5.2C15H15NO5.C14H13NO5/c19-13-4-1-11(9-15(13)21)3-6-17(23)18-8-7-12-2-5-14(20)16(22)10-12;18-12-3-1-10(7-14(12)20)5-6-17-16(22)9-11-2-4-13(19)15(21)8-11;17-11-3-1-9(5-13(11)19)7-15(21)16-8-10-2-4-12(18)14(20)6-10;17-11-3-1-9(7-13(11)19)5-6-16-15(21)10-2-4-12(18)14(20)8-10;16-10-3-1-8(5-12(10)18)6-14(20)15-9-2-4-11(17)13(19)7-9/h1-2,4-5,9-10,19-22H,3,6-8H2,(H,18,23);1-4,7-8,18-21H,5-6,9H2,(H,17,22);1-6,17-20H,7-8H2,(H,16,21);1-4,7-8,17-20H,5-6H2,(H,16,21);1-5,7,16-19H,6H2,(H,15,20). The van der Waals surface area contributed by atoms with E-state index in [1.54, 1.807) is 42.5 Å². The van der Waals surface area contributed by atoms with Crippen LogP contribution in [0.15, 0.2) is 182 Å². The lowest BCUT2D eigenvalue weighted by Gasteiger charge is -2.07. The van der Waals surface area contributed by atoms with E-state index < -0.39 is 0 Å². The summed E-state index contributed by atoms with van der Waals surface area (Å²) < 4.78 is 0. The lowest BCUT2D eigenvalue weighted by molar-refractivity contribution is -0.121. The highest BCUT2D eigenvalue weighted by Gasteiger charge is 2.14. The third-order valence-corrected chi connectivity index (χ3v) is 15.2. The molecule has 0 aliphatic carbocycles. The zero-order valence-electron chi connectivity index (χ0n) is 56.8. The highest BCUT2D eigenvalue weighted by Crippen LogP contribution is 2.33. The van der Waals surface area contributed by atoms with Gasteiger partial charge in [0.05, 0.1) is 19.3 Å². The molecule has 10 aromatic carbocycles. The number of amides is 5. The van der Waals surface area contributed by atoms with Crippen LogP contribution in [0.4, 0.5) is 5.69 Å². The maximum Gasteiger partial charge on any atom is 0.251 e. The molecule has 0 spiro atoms. The molecule has 10 aromatic rings. The zero-order valence-corrected chi connectivity index (χ0v) is 56.8. The van der Waals surface area contributed by atoms with Gasteiger partial charge in [-0.2, -0.15) is 0 Å². The molecular weight excluding hydrogens is 1390 g/mol. The summed E-state index contributed by atoms with van der Waals surface area (Å²) in [6, 6.07) is 42.5. The van der Waals surface area contributed by atoms with E-state index in [4.69, 9.17) is 10.2 Å². The Kier molecular flexibility index (Phi) is 30.2. The average Bonchev–Trinajstić information content (AvgIpc) is 0.876. The Morgan fingerprint density at radius 2 is 0.486 bits per heavy atom. The van der Waals surface area contributed by atoms with Crippen molar-refractivity contribution in [3.05, 3.63) is 232 Å². The van der Waals surface area contributed by atoms with Crippen molar-refractivity contribution in [1.82, 2.24) is 21.3 Å². The third kappa shape index (κ3) is 27.4. The summed E-state index contributed by atoms with van der Waals surface area (Å²) in [6.07, 6.45) is 2.40. The number of aryl methyl sites for hydroxylation is 1. The minimum Gasteiger partial charge on any atom is -0.504 e. The topological polar surface area (TPSA) is 550 Å². The zero-order chi connectivity index (χ0) is 78.4. The minimum atomic E-state index is -0.381. The van der Waals surface area contributed by atoms with Gasteiger partial charge < -0.3 is 129 Å². The van der Waals surface area contributed by atoms with Crippen LogP contribution >= 0.6 is 0 Å². The Bertz CT molecular complexity index is 4690. The molecule has 0 aromatic heterocycles. The normalized spacial score (nSPS) is 10.3. The van der Waals surface area contributed by atoms with Gasteiger partial charge in [-0.1, -0.05) is 48.5 Å². The summed E-state index contributed by atoms with van der Waals surface area (Å²) in [6.45, 7) is 1.33. The van der Waals surface area contributed by atoms with Crippen LogP contribution in [-0.4, -0.2) is 151 Å².